The Kier molecular flexibility index (Phi) is 3.51. The quantitative estimate of drug-likeness (QED) is 0.592. The van der Waals surface area contributed by atoms with Gasteiger partial charge in [0.25, 0.3) is 0 Å². The van der Waals surface area contributed by atoms with Crippen molar-refractivity contribution < 1.29 is 8.78 Å². The SMILES string of the molecule is Fc1cccc(F)c1C=NNc1nncc2ccccc12. The largest absolute Gasteiger partial charge is 0.259 e. The Bertz CT molecular complexity index is 792. The second-order valence-electron chi connectivity index (χ2n) is 4.29. The Morgan fingerprint density at radius 2 is 1.76 bits per heavy atom. The molecule has 0 spiro atoms. The van der Waals surface area contributed by atoms with Gasteiger partial charge in [0.05, 0.1) is 18.0 Å². The van der Waals surface area contributed by atoms with Crippen LogP contribution in [0.15, 0.2) is 53.8 Å². The van der Waals surface area contributed by atoms with Gasteiger partial charge in [0.1, 0.15) is 11.6 Å². The minimum atomic E-state index is -0.676. The van der Waals surface area contributed by atoms with Gasteiger partial charge >= 0.3 is 0 Å². The van der Waals surface area contributed by atoms with E-state index in [9.17, 15) is 8.78 Å². The van der Waals surface area contributed by atoms with Crippen molar-refractivity contribution >= 4 is 22.8 Å². The first kappa shape index (κ1) is 13.1. The summed E-state index contributed by atoms with van der Waals surface area (Å²) in [5.41, 5.74) is 2.44. The molecule has 2 aromatic carbocycles. The van der Waals surface area contributed by atoms with Crippen LogP contribution < -0.4 is 5.43 Å². The standard InChI is InChI=1S/C15H10F2N4/c16-13-6-3-7-14(17)12(13)9-19-21-15-11-5-2-1-4-10(11)8-18-20-15/h1-9H,(H,20,21). The Balaban J connectivity index is 1.88. The molecule has 6 heteroatoms. The van der Waals surface area contributed by atoms with Crippen molar-refractivity contribution in [1.82, 2.24) is 10.2 Å². The summed E-state index contributed by atoms with van der Waals surface area (Å²) in [4.78, 5) is 0. The van der Waals surface area contributed by atoms with Crippen molar-refractivity contribution in [3.63, 3.8) is 0 Å². The average Bonchev–Trinajstić information content (AvgIpc) is 2.50. The molecule has 21 heavy (non-hydrogen) atoms. The molecule has 4 nitrogen and oxygen atoms in total. The zero-order valence-corrected chi connectivity index (χ0v) is 10.8. The molecule has 0 saturated carbocycles. The van der Waals surface area contributed by atoms with Gasteiger partial charge in [-0.05, 0) is 12.1 Å². The van der Waals surface area contributed by atoms with E-state index < -0.39 is 11.6 Å². The van der Waals surface area contributed by atoms with Crippen LogP contribution in [0.3, 0.4) is 0 Å². The van der Waals surface area contributed by atoms with Crippen LogP contribution in [0.4, 0.5) is 14.6 Å². The van der Waals surface area contributed by atoms with E-state index in [1.54, 1.807) is 6.20 Å². The molecular formula is C15H10F2N4. The lowest BCUT2D eigenvalue weighted by Crippen LogP contribution is -1.99. The molecule has 0 saturated heterocycles. The molecule has 0 aliphatic heterocycles. The first-order chi connectivity index (χ1) is 10.3. The van der Waals surface area contributed by atoms with Gasteiger partial charge in [-0.25, -0.2) is 8.78 Å². The summed E-state index contributed by atoms with van der Waals surface area (Å²) in [5, 5.41) is 13.3. The van der Waals surface area contributed by atoms with Gasteiger partial charge in [-0.3, -0.25) is 5.43 Å². The molecule has 3 aromatic rings. The molecule has 0 atom stereocenters. The number of benzene rings is 2. The number of nitrogens with zero attached hydrogens (tertiary/aromatic N) is 3. The van der Waals surface area contributed by atoms with Crippen LogP contribution in [0.2, 0.25) is 0 Å². The second-order valence-corrected chi connectivity index (χ2v) is 4.29. The smallest absolute Gasteiger partial charge is 0.176 e. The molecule has 1 heterocycles. The van der Waals surface area contributed by atoms with Gasteiger partial charge in [-0.2, -0.15) is 10.2 Å². The third-order valence-corrected chi connectivity index (χ3v) is 2.93. The minimum absolute atomic E-state index is 0.210. The molecule has 3 rings (SSSR count). The molecular weight excluding hydrogens is 274 g/mol. The lowest BCUT2D eigenvalue weighted by Gasteiger charge is -2.03. The highest BCUT2D eigenvalue weighted by Gasteiger charge is 2.05. The van der Waals surface area contributed by atoms with Crippen LogP contribution in [0.5, 0.6) is 0 Å². The van der Waals surface area contributed by atoms with Crippen molar-refractivity contribution in [2.45, 2.75) is 0 Å². The fourth-order valence-electron chi connectivity index (χ4n) is 1.90. The van der Waals surface area contributed by atoms with Gasteiger partial charge in [0, 0.05) is 10.8 Å². The molecule has 0 aliphatic rings. The van der Waals surface area contributed by atoms with Crippen LogP contribution >= 0.6 is 0 Å². The predicted octanol–water partition coefficient (Wildman–Crippen LogP) is 3.35. The number of hydrogen-bond donors (Lipinski definition) is 1. The van der Waals surface area contributed by atoms with Gasteiger partial charge in [0.2, 0.25) is 0 Å². The maximum atomic E-state index is 13.4. The van der Waals surface area contributed by atoms with Crippen LogP contribution in [-0.4, -0.2) is 16.4 Å². The lowest BCUT2D eigenvalue weighted by molar-refractivity contribution is 0.580. The fourth-order valence-corrected chi connectivity index (χ4v) is 1.90. The van der Waals surface area contributed by atoms with E-state index in [2.05, 4.69) is 20.7 Å². The van der Waals surface area contributed by atoms with Crippen LogP contribution in [0, 0.1) is 11.6 Å². The van der Waals surface area contributed by atoms with Gasteiger partial charge < -0.3 is 0 Å². The number of fused-ring (bicyclic) bond motifs is 1. The summed E-state index contributed by atoms with van der Waals surface area (Å²) in [7, 11) is 0. The van der Waals surface area contributed by atoms with Crippen molar-refractivity contribution in [3.8, 4) is 0 Å². The average molecular weight is 284 g/mol. The highest BCUT2D eigenvalue weighted by molar-refractivity contribution is 5.91. The molecule has 0 fully saturated rings. The molecule has 1 N–H and O–H groups in total. The summed E-state index contributed by atoms with van der Waals surface area (Å²) in [6, 6.07) is 11.1. The van der Waals surface area contributed by atoms with Crippen LogP contribution in [-0.2, 0) is 0 Å². The molecule has 104 valence electrons. The summed E-state index contributed by atoms with van der Waals surface area (Å²) >= 11 is 0. The summed E-state index contributed by atoms with van der Waals surface area (Å²) in [5.74, 6) is -0.935. The highest BCUT2D eigenvalue weighted by atomic mass is 19.1. The third-order valence-electron chi connectivity index (χ3n) is 2.93. The van der Waals surface area contributed by atoms with Crippen LogP contribution in [0.25, 0.3) is 10.8 Å². The van der Waals surface area contributed by atoms with Crippen molar-refractivity contribution in [2.24, 2.45) is 5.10 Å². The zero-order valence-electron chi connectivity index (χ0n) is 10.8. The Labute approximate surface area is 119 Å². The highest BCUT2D eigenvalue weighted by Crippen LogP contribution is 2.19. The second kappa shape index (κ2) is 5.62. The molecule has 1 aromatic heterocycles. The minimum Gasteiger partial charge on any atom is -0.259 e. The summed E-state index contributed by atoms with van der Waals surface area (Å²) in [6.45, 7) is 0. The first-order valence-corrected chi connectivity index (χ1v) is 6.19. The van der Waals surface area contributed by atoms with E-state index in [1.807, 2.05) is 24.3 Å². The van der Waals surface area contributed by atoms with E-state index in [-0.39, 0.29) is 5.56 Å². The van der Waals surface area contributed by atoms with E-state index in [0.717, 1.165) is 17.0 Å². The zero-order chi connectivity index (χ0) is 14.7. The summed E-state index contributed by atoms with van der Waals surface area (Å²) < 4.78 is 26.9. The van der Waals surface area contributed by atoms with Crippen molar-refractivity contribution in [2.75, 3.05) is 5.43 Å². The number of aromatic nitrogens is 2. The maximum Gasteiger partial charge on any atom is 0.176 e. The van der Waals surface area contributed by atoms with E-state index in [1.165, 1.54) is 18.2 Å². The third kappa shape index (κ3) is 2.69. The number of hydrogen-bond acceptors (Lipinski definition) is 4. The summed E-state index contributed by atoms with van der Waals surface area (Å²) in [6.07, 6.45) is 2.70. The number of anilines is 1. The number of halogens is 2. The molecule has 0 amide bonds. The molecule has 0 radical (unpaired) electrons. The Morgan fingerprint density at radius 3 is 2.57 bits per heavy atom. The maximum absolute atomic E-state index is 13.4. The Hall–Kier alpha value is -2.89. The van der Waals surface area contributed by atoms with E-state index in [0.29, 0.717) is 5.82 Å². The molecule has 0 aliphatic carbocycles. The number of rotatable bonds is 3. The number of nitrogens with one attached hydrogen (secondary N) is 1. The van der Waals surface area contributed by atoms with Gasteiger partial charge in [-0.1, -0.05) is 30.3 Å². The van der Waals surface area contributed by atoms with Crippen LogP contribution in [0.1, 0.15) is 5.56 Å². The monoisotopic (exact) mass is 284 g/mol. The predicted molar refractivity (Wildman–Crippen MR) is 77.1 cm³/mol. The van der Waals surface area contributed by atoms with Crippen molar-refractivity contribution in [3.05, 3.63) is 65.9 Å². The molecule has 0 bridgehead atoms. The number of hydrazone groups is 1. The van der Waals surface area contributed by atoms with Gasteiger partial charge in [0.15, 0.2) is 5.82 Å². The topological polar surface area (TPSA) is 50.2 Å². The van der Waals surface area contributed by atoms with E-state index in [4.69, 9.17) is 0 Å². The lowest BCUT2D eigenvalue weighted by atomic mass is 10.2. The van der Waals surface area contributed by atoms with E-state index >= 15 is 0 Å². The van der Waals surface area contributed by atoms with Crippen molar-refractivity contribution in [1.29, 1.82) is 0 Å². The fraction of sp³-hybridized carbons (Fsp3) is 0. The normalized spacial score (nSPS) is 11.1. The first-order valence-electron chi connectivity index (χ1n) is 6.19. The van der Waals surface area contributed by atoms with Gasteiger partial charge in [-0.15, -0.1) is 5.10 Å². The molecule has 0 unspecified atom stereocenters. The Morgan fingerprint density at radius 1 is 1.00 bits per heavy atom.